The molecule has 1 rings (SSSR count). The van der Waals surface area contributed by atoms with Crippen molar-refractivity contribution in [3.63, 3.8) is 0 Å². The van der Waals surface area contributed by atoms with Crippen molar-refractivity contribution in [3.05, 3.63) is 24.3 Å². The number of hydrogen-bond donors (Lipinski definition) is 0. The van der Waals surface area contributed by atoms with Crippen molar-refractivity contribution in [1.29, 1.82) is 0 Å². The molecule has 1 aromatic rings. The van der Waals surface area contributed by atoms with Crippen LogP contribution in [0.15, 0.2) is 24.3 Å². The van der Waals surface area contributed by atoms with Crippen molar-refractivity contribution in [3.8, 4) is 11.5 Å². The largest absolute Gasteiger partial charge is 0.654 e. The zero-order valence-corrected chi connectivity index (χ0v) is 6.86. The molecule has 0 bridgehead atoms. The highest BCUT2D eigenvalue weighted by Gasteiger charge is 1.90. The van der Waals surface area contributed by atoms with Gasteiger partial charge in [-0.25, -0.2) is 0 Å². The van der Waals surface area contributed by atoms with E-state index in [9.17, 15) is 0 Å². The molecule has 0 aliphatic heterocycles. The van der Waals surface area contributed by atoms with E-state index in [0.29, 0.717) is 0 Å². The molecule has 0 heterocycles. The first-order chi connectivity index (χ1) is 4.86. The summed E-state index contributed by atoms with van der Waals surface area (Å²) in [7, 11) is 1.63. The molecule has 0 fully saturated rings. The van der Waals surface area contributed by atoms with Crippen LogP contribution in [0.25, 0.3) is 0 Å². The quantitative estimate of drug-likeness (QED) is 0.589. The van der Waals surface area contributed by atoms with Crippen LogP contribution in [-0.2, 0) is 0 Å². The summed E-state index contributed by atoms with van der Waals surface area (Å²) < 4.78 is 9.86. The second-order valence-corrected chi connectivity index (χ2v) is 2.03. The Bertz CT molecular complexity index is 193. The van der Waals surface area contributed by atoms with Crippen molar-refractivity contribution in [2.75, 3.05) is 7.11 Å². The highest BCUT2D eigenvalue weighted by molar-refractivity contribution is 5.99. The Morgan fingerprint density at radius 2 is 2.00 bits per heavy atom. The van der Waals surface area contributed by atoms with Gasteiger partial charge < -0.3 is 8.53 Å². The summed E-state index contributed by atoms with van der Waals surface area (Å²) in [5.74, 6) is 1.59. The molecule has 2 nitrogen and oxygen atoms in total. The van der Waals surface area contributed by atoms with Gasteiger partial charge in [-0.05, 0) is 12.1 Å². The van der Waals surface area contributed by atoms with Gasteiger partial charge in [0.25, 0.3) is 0 Å². The lowest BCUT2D eigenvalue weighted by Gasteiger charge is -2.03. The molecule has 0 saturated heterocycles. The number of hydrogen-bond acceptors (Lipinski definition) is 2. The summed E-state index contributed by atoms with van der Waals surface area (Å²) in [5, 5.41) is 0. The third-order valence-electron chi connectivity index (χ3n) is 1.18. The zero-order valence-electron chi connectivity index (χ0n) is 5.70. The maximum Gasteiger partial charge on any atom is 0.482 e. The maximum absolute atomic E-state index is 4.97. The van der Waals surface area contributed by atoms with Crippen LogP contribution in [0.2, 0.25) is 0 Å². The summed E-state index contributed by atoms with van der Waals surface area (Å²) in [5.41, 5.74) is 0. The Labute approximate surface area is 68.5 Å². The highest BCUT2D eigenvalue weighted by Crippen LogP contribution is 2.17. The second-order valence-electron chi connectivity index (χ2n) is 1.80. The predicted molar refractivity (Wildman–Crippen MR) is 39.4 cm³/mol. The number of benzene rings is 1. The monoisotopic (exact) mass is 150 g/mol. The summed E-state index contributed by atoms with van der Waals surface area (Å²) in [4.78, 5) is 0. The zero-order chi connectivity index (χ0) is 7.40. The Kier molecular flexibility index (Phi) is 2.61. The van der Waals surface area contributed by atoms with E-state index in [2.05, 4.69) is 16.6 Å². The van der Waals surface area contributed by atoms with Crippen molar-refractivity contribution in [2.45, 2.75) is 0 Å². The molecule has 3 heteroatoms. The van der Waals surface area contributed by atoms with Gasteiger partial charge in [-0.1, -0.05) is 6.07 Å². The normalized spacial score (nSPS) is 8.90. The topological polar surface area (TPSA) is 18.5 Å². The fourth-order valence-corrected chi connectivity index (χ4v) is 0.821. The van der Waals surface area contributed by atoms with E-state index in [1.807, 2.05) is 24.3 Å². The average molecular weight is 150 g/mol. The molecule has 2 radical (unpaired) electrons. The van der Waals surface area contributed by atoms with Crippen LogP contribution in [0.5, 0.6) is 11.5 Å². The minimum atomic E-state index is 0.782. The van der Waals surface area contributed by atoms with Crippen molar-refractivity contribution in [1.82, 2.24) is 0 Å². The van der Waals surface area contributed by atoms with Crippen molar-refractivity contribution >= 4 is 16.6 Å². The third-order valence-corrected chi connectivity index (χ3v) is 1.45. The fourth-order valence-electron chi connectivity index (χ4n) is 0.674. The number of ether oxygens (including phenoxy) is 1. The molecular weight excluding hydrogens is 143 g/mol. The average Bonchev–Trinajstić information content (AvgIpc) is 2.05. The Morgan fingerprint density at radius 1 is 1.30 bits per heavy atom. The van der Waals surface area contributed by atoms with Crippen LogP contribution >= 0.6 is 0 Å². The first-order valence-electron chi connectivity index (χ1n) is 2.87. The van der Waals surface area contributed by atoms with Crippen LogP contribution in [-0.4, -0.2) is 23.7 Å². The van der Waals surface area contributed by atoms with E-state index < -0.39 is 0 Å². The van der Waals surface area contributed by atoms with Gasteiger partial charge in [-0.3, -0.25) is 0 Å². The highest BCUT2D eigenvalue weighted by atomic mass is 27.1. The molecule has 0 aliphatic carbocycles. The van der Waals surface area contributed by atoms with Crippen LogP contribution in [0.4, 0.5) is 0 Å². The molecule has 0 atom stereocenters. The molecule has 0 N–H and O–H groups in total. The SMILES string of the molecule is COc1cccc([O][Al])c1. The van der Waals surface area contributed by atoms with E-state index in [4.69, 9.17) is 8.53 Å². The lowest BCUT2D eigenvalue weighted by Crippen LogP contribution is -1.86. The minimum Gasteiger partial charge on any atom is -0.654 e. The van der Waals surface area contributed by atoms with Crippen LogP contribution in [0, 0.1) is 0 Å². The van der Waals surface area contributed by atoms with Gasteiger partial charge in [0.1, 0.15) is 5.75 Å². The number of rotatable bonds is 2. The van der Waals surface area contributed by atoms with Gasteiger partial charge in [-0.2, -0.15) is 0 Å². The Morgan fingerprint density at radius 3 is 2.60 bits per heavy atom. The third kappa shape index (κ3) is 1.66. The van der Waals surface area contributed by atoms with Crippen LogP contribution in [0.1, 0.15) is 0 Å². The fraction of sp³-hybridized carbons (Fsp3) is 0.143. The summed E-state index contributed by atoms with van der Waals surface area (Å²) in [6.45, 7) is 0. The lowest BCUT2D eigenvalue weighted by atomic mass is 10.3. The smallest absolute Gasteiger partial charge is 0.482 e. The van der Waals surface area contributed by atoms with Crippen LogP contribution in [0.3, 0.4) is 0 Å². The molecule has 10 heavy (non-hydrogen) atoms. The molecule has 0 aromatic heterocycles. The first-order valence-corrected chi connectivity index (χ1v) is 3.34. The van der Waals surface area contributed by atoms with Gasteiger partial charge in [-0.15, -0.1) is 0 Å². The second kappa shape index (κ2) is 3.50. The van der Waals surface area contributed by atoms with Crippen LogP contribution < -0.4 is 8.53 Å². The molecule has 0 aliphatic rings. The van der Waals surface area contributed by atoms with Gasteiger partial charge in [0.2, 0.25) is 0 Å². The molecule has 1 aromatic carbocycles. The van der Waals surface area contributed by atoms with Crippen molar-refractivity contribution in [2.24, 2.45) is 0 Å². The summed E-state index contributed by atoms with van der Waals surface area (Å²) in [6.07, 6.45) is 0. The molecule has 0 spiro atoms. The van der Waals surface area contributed by atoms with E-state index in [-0.39, 0.29) is 0 Å². The van der Waals surface area contributed by atoms with E-state index in [1.165, 1.54) is 0 Å². The van der Waals surface area contributed by atoms with Crippen molar-refractivity contribution < 1.29 is 8.53 Å². The van der Waals surface area contributed by atoms with Gasteiger partial charge in [0.15, 0.2) is 0 Å². The Hall–Kier alpha value is -0.648. The summed E-state index contributed by atoms with van der Waals surface area (Å²) >= 11 is 2.18. The summed E-state index contributed by atoms with van der Waals surface area (Å²) in [6, 6.07) is 7.41. The van der Waals surface area contributed by atoms with E-state index in [1.54, 1.807) is 7.11 Å². The predicted octanol–water partition coefficient (Wildman–Crippen LogP) is 1.16. The molecule has 0 amide bonds. The molecular formula is C7H7AlO2. The van der Waals surface area contributed by atoms with E-state index in [0.717, 1.165) is 11.5 Å². The molecule has 0 saturated carbocycles. The lowest BCUT2D eigenvalue weighted by molar-refractivity contribution is 0.413. The first kappa shape index (κ1) is 7.46. The van der Waals surface area contributed by atoms with Gasteiger partial charge in [0, 0.05) is 6.07 Å². The van der Waals surface area contributed by atoms with Gasteiger partial charge >= 0.3 is 16.6 Å². The maximum atomic E-state index is 4.97. The molecule has 0 unspecified atom stereocenters. The standard InChI is InChI=1S/C7H8O2.Al/c1-9-7-4-2-3-6(8)5-7;/h2-5,8H,1H3;/q;+1/p-1. The van der Waals surface area contributed by atoms with E-state index >= 15 is 0 Å². The van der Waals surface area contributed by atoms with Gasteiger partial charge in [0.05, 0.1) is 12.9 Å². The Balaban J connectivity index is 2.87. The number of methoxy groups -OCH3 is 1. The molecule has 50 valence electrons. The minimum absolute atomic E-state index is 0.782.